The second-order valence-corrected chi connectivity index (χ2v) is 3.25. The van der Waals surface area contributed by atoms with Crippen molar-refractivity contribution in [3.05, 3.63) is 35.4 Å². The smallest absolute Gasteiger partial charge is 0.426 e. The molecule has 1 aliphatic rings. The van der Waals surface area contributed by atoms with Crippen LogP contribution < -0.4 is 0 Å². The predicted molar refractivity (Wildman–Crippen MR) is 52.0 cm³/mol. The van der Waals surface area contributed by atoms with E-state index >= 15 is 0 Å². The molecule has 0 spiro atoms. The molecule has 1 aromatic carbocycles. The molecule has 76 valence electrons. The van der Waals surface area contributed by atoms with Crippen molar-refractivity contribution < 1.29 is 19.6 Å². The molecule has 15 heavy (non-hydrogen) atoms. The van der Waals surface area contributed by atoms with Crippen LogP contribution in [-0.4, -0.2) is 40.3 Å². The Kier molecular flexibility index (Phi) is 2.30. The number of carbonyl (C=O) groups is 2. The van der Waals surface area contributed by atoms with Gasteiger partial charge in [0.15, 0.2) is 0 Å². The summed E-state index contributed by atoms with van der Waals surface area (Å²) in [6.07, 6.45) is -0.396. The van der Waals surface area contributed by atoms with Crippen LogP contribution in [0.25, 0.3) is 0 Å². The lowest BCUT2D eigenvalue weighted by molar-refractivity contribution is 0.0668. The van der Waals surface area contributed by atoms with E-state index in [1.165, 1.54) is 0 Å². The summed E-state index contributed by atoms with van der Waals surface area (Å²) in [7, 11) is -1.70. The summed E-state index contributed by atoms with van der Waals surface area (Å²) in [5.41, 5.74) is 0.617. The van der Waals surface area contributed by atoms with Crippen molar-refractivity contribution in [2.24, 2.45) is 0 Å². The third-order valence-corrected chi connectivity index (χ3v) is 2.22. The van der Waals surface area contributed by atoms with Crippen molar-refractivity contribution >= 4 is 18.9 Å². The first-order valence-corrected chi connectivity index (χ1v) is 4.42. The molecule has 2 N–H and O–H groups in total. The Labute approximate surface area is 86.1 Å². The molecule has 0 bridgehead atoms. The zero-order valence-corrected chi connectivity index (χ0v) is 7.75. The fraction of sp³-hybridized carbons (Fsp3) is 0.111. The van der Waals surface area contributed by atoms with Gasteiger partial charge in [-0.3, -0.25) is 14.5 Å². The number of nitrogens with zero attached hydrogens (tertiary/aromatic N) is 1. The van der Waals surface area contributed by atoms with E-state index in [4.69, 9.17) is 10.0 Å². The van der Waals surface area contributed by atoms with Gasteiger partial charge in [0, 0.05) is 0 Å². The van der Waals surface area contributed by atoms with Crippen LogP contribution in [0, 0.1) is 0 Å². The molecule has 2 rings (SSSR count). The summed E-state index contributed by atoms with van der Waals surface area (Å²) in [5.74, 6) is -0.965. The molecule has 0 atom stereocenters. The number of rotatable bonds is 2. The number of benzene rings is 1. The highest BCUT2D eigenvalue weighted by Gasteiger charge is 2.36. The molecule has 1 aliphatic heterocycles. The normalized spacial score (nSPS) is 14.4. The number of hydrogen-bond acceptors (Lipinski definition) is 4. The van der Waals surface area contributed by atoms with Gasteiger partial charge in [0.05, 0.1) is 17.6 Å². The zero-order valence-electron chi connectivity index (χ0n) is 7.75. The fourth-order valence-corrected chi connectivity index (χ4v) is 1.57. The highest BCUT2D eigenvalue weighted by atomic mass is 16.4. The number of hydrogen-bond donors (Lipinski definition) is 2. The Morgan fingerprint density at radius 2 is 1.53 bits per heavy atom. The fourth-order valence-electron chi connectivity index (χ4n) is 1.57. The molecule has 6 heteroatoms. The van der Waals surface area contributed by atoms with Crippen molar-refractivity contribution in [2.75, 3.05) is 6.44 Å². The molecule has 1 aromatic rings. The lowest BCUT2D eigenvalue weighted by Gasteiger charge is -2.12. The van der Waals surface area contributed by atoms with Crippen molar-refractivity contribution in [1.82, 2.24) is 4.90 Å². The molecule has 0 unspecified atom stereocenters. The SMILES string of the molecule is O=C1c2ccccc2C(=O)N1CB(O)O. The minimum atomic E-state index is -1.70. The third kappa shape index (κ3) is 1.53. The molecular weight excluding hydrogens is 197 g/mol. The topological polar surface area (TPSA) is 77.8 Å². The van der Waals surface area contributed by atoms with Gasteiger partial charge in [-0.2, -0.15) is 0 Å². The van der Waals surface area contributed by atoms with Gasteiger partial charge < -0.3 is 10.0 Å². The Bertz CT molecular complexity index is 397. The maximum absolute atomic E-state index is 11.6. The van der Waals surface area contributed by atoms with Gasteiger partial charge in [0.2, 0.25) is 0 Å². The Hall–Kier alpha value is -1.66. The lowest BCUT2D eigenvalue weighted by Crippen LogP contribution is -2.39. The number of amides is 2. The second-order valence-electron chi connectivity index (χ2n) is 3.25. The second kappa shape index (κ2) is 3.49. The van der Waals surface area contributed by atoms with Crippen LogP contribution in [0.2, 0.25) is 0 Å². The molecule has 0 fully saturated rings. The first-order chi connectivity index (χ1) is 7.11. The summed E-state index contributed by atoms with van der Waals surface area (Å²) >= 11 is 0. The molecule has 5 nitrogen and oxygen atoms in total. The van der Waals surface area contributed by atoms with Crippen molar-refractivity contribution in [3.8, 4) is 0 Å². The van der Waals surface area contributed by atoms with Crippen LogP contribution >= 0.6 is 0 Å². The minimum Gasteiger partial charge on any atom is -0.426 e. The van der Waals surface area contributed by atoms with E-state index in [1.807, 2.05) is 0 Å². The van der Waals surface area contributed by atoms with Crippen LogP contribution in [0.4, 0.5) is 0 Å². The van der Waals surface area contributed by atoms with Crippen LogP contribution in [0.1, 0.15) is 20.7 Å². The third-order valence-electron chi connectivity index (χ3n) is 2.22. The Morgan fingerprint density at radius 3 is 1.93 bits per heavy atom. The van der Waals surface area contributed by atoms with E-state index in [0.29, 0.717) is 11.1 Å². The van der Waals surface area contributed by atoms with E-state index < -0.39 is 25.4 Å². The molecule has 2 amide bonds. The van der Waals surface area contributed by atoms with Crippen molar-refractivity contribution in [3.63, 3.8) is 0 Å². The monoisotopic (exact) mass is 205 g/mol. The first-order valence-electron chi connectivity index (χ1n) is 4.42. The summed E-state index contributed by atoms with van der Waals surface area (Å²) in [5, 5.41) is 17.5. The summed E-state index contributed by atoms with van der Waals surface area (Å²) in [6, 6.07) is 6.39. The summed E-state index contributed by atoms with van der Waals surface area (Å²) in [6.45, 7) is 0. The van der Waals surface area contributed by atoms with Gasteiger partial charge in [-0.05, 0) is 12.1 Å². The van der Waals surface area contributed by atoms with Crippen LogP contribution in [0.3, 0.4) is 0 Å². The molecule has 0 radical (unpaired) electrons. The first kappa shape index (κ1) is 9.88. The molecule has 0 saturated heterocycles. The predicted octanol–water partition coefficient (Wildman–Crippen LogP) is -0.705. The zero-order chi connectivity index (χ0) is 11.0. The maximum Gasteiger partial charge on any atom is 0.472 e. The van der Waals surface area contributed by atoms with E-state index in [-0.39, 0.29) is 0 Å². The van der Waals surface area contributed by atoms with E-state index in [0.717, 1.165) is 4.90 Å². The summed E-state index contributed by atoms with van der Waals surface area (Å²) in [4.78, 5) is 24.1. The van der Waals surface area contributed by atoms with Crippen molar-refractivity contribution in [2.45, 2.75) is 0 Å². The number of fused-ring (bicyclic) bond motifs is 1. The molecule has 1 heterocycles. The maximum atomic E-state index is 11.6. The Morgan fingerprint density at radius 1 is 1.07 bits per heavy atom. The highest BCUT2D eigenvalue weighted by Crippen LogP contribution is 2.21. The van der Waals surface area contributed by atoms with Crippen LogP contribution in [0.5, 0.6) is 0 Å². The quantitative estimate of drug-likeness (QED) is 0.494. The van der Waals surface area contributed by atoms with Gasteiger partial charge in [0.1, 0.15) is 0 Å². The largest absolute Gasteiger partial charge is 0.472 e. The number of imide groups is 1. The standard InChI is InChI=1S/C9H8BNO4/c12-8-6-3-1-2-4-7(6)9(13)11(8)5-10(14)15/h1-4,14-15H,5H2. The molecular formula is C9H8BNO4. The van der Waals surface area contributed by atoms with Crippen LogP contribution in [-0.2, 0) is 0 Å². The van der Waals surface area contributed by atoms with E-state index in [2.05, 4.69) is 0 Å². The molecule has 0 saturated carbocycles. The average molecular weight is 205 g/mol. The van der Waals surface area contributed by atoms with Gasteiger partial charge in [-0.25, -0.2) is 0 Å². The molecule has 0 aromatic heterocycles. The Balaban J connectivity index is 2.37. The lowest BCUT2D eigenvalue weighted by atomic mass is 9.91. The highest BCUT2D eigenvalue weighted by molar-refractivity contribution is 6.43. The van der Waals surface area contributed by atoms with E-state index in [1.54, 1.807) is 24.3 Å². The van der Waals surface area contributed by atoms with Gasteiger partial charge in [-0.15, -0.1) is 0 Å². The number of carbonyl (C=O) groups excluding carboxylic acids is 2. The summed E-state index contributed by atoms with van der Waals surface area (Å²) < 4.78 is 0. The van der Waals surface area contributed by atoms with Gasteiger partial charge >= 0.3 is 7.12 Å². The minimum absolute atomic E-state index is 0.308. The average Bonchev–Trinajstić information content (AvgIpc) is 2.44. The van der Waals surface area contributed by atoms with Gasteiger partial charge in [-0.1, -0.05) is 12.1 Å². The van der Waals surface area contributed by atoms with Crippen molar-refractivity contribution in [1.29, 1.82) is 0 Å². The van der Waals surface area contributed by atoms with E-state index in [9.17, 15) is 9.59 Å². The molecule has 0 aliphatic carbocycles. The van der Waals surface area contributed by atoms with Gasteiger partial charge in [0.25, 0.3) is 11.8 Å². The van der Waals surface area contributed by atoms with Crippen LogP contribution in [0.15, 0.2) is 24.3 Å².